The lowest BCUT2D eigenvalue weighted by molar-refractivity contribution is 0.0977. The van der Waals surface area contributed by atoms with Gasteiger partial charge in [0.1, 0.15) is 17.8 Å². The number of nitrogens with zero attached hydrogens (tertiary/aromatic N) is 3. The second-order valence-electron chi connectivity index (χ2n) is 6.33. The molecule has 0 radical (unpaired) electrons. The Morgan fingerprint density at radius 2 is 1.93 bits per heavy atom. The molecule has 4 rings (SSSR count). The Kier molecular flexibility index (Phi) is 4.54. The Balaban J connectivity index is 1.76. The molecule has 2 heterocycles. The lowest BCUT2D eigenvalue weighted by Crippen LogP contribution is -2.03. The van der Waals surface area contributed by atoms with Crippen LogP contribution >= 0.6 is 0 Å². The SMILES string of the molecule is CCCC(=O)c1coc(-c2nn(Cc3ccccc3F)c3ccccc23)n1. The number of ketones is 1. The van der Waals surface area contributed by atoms with E-state index >= 15 is 0 Å². The molecule has 0 saturated carbocycles. The lowest BCUT2D eigenvalue weighted by Gasteiger charge is -2.04. The second kappa shape index (κ2) is 7.15. The molecule has 0 spiro atoms. The van der Waals surface area contributed by atoms with Crippen molar-refractivity contribution in [2.24, 2.45) is 0 Å². The predicted molar refractivity (Wildman–Crippen MR) is 100.0 cm³/mol. The average Bonchev–Trinajstić information content (AvgIpc) is 3.29. The number of Topliss-reactive ketones (excluding diaryl/α,β-unsaturated/α-hetero) is 1. The summed E-state index contributed by atoms with van der Waals surface area (Å²) >= 11 is 0. The number of carbonyl (C=O) groups is 1. The van der Waals surface area contributed by atoms with Crippen molar-refractivity contribution < 1.29 is 13.6 Å². The van der Waals surface area contributed by atoms with Crippen LogP contribution in [0, 0.1) is 5.82 Å². The smallest absolute Gasteiger partial charge is 0.248 e. The van der Waals surface area contributed by atoms with Crippen LogP contribution in [0.4, 0.5) is 4.39 Å². The number of hydrogen-bond donors (Lipinski definition) is 0. The summed E-state index contributed by atoms with van der Waals surface area (Å²) in [5.41, 5.74) is 2.23. The van der Waals surface area contributed by atoms with Crippen LogP contribution in [0.15, 0.2) is 59.2 Å². The van der Waals surface area contributed by atoms with Crippen LogP contribution in [0.5, 0.6) is 0 Å². The summed E-state index contributed by atoms with van der Waals surface area (Å²) in [6.07, 6.45) is 2.55. The van der Waals surface area contributed by atoms with E-state index < -0.39 is 0 Å². The number of fused-ring (bicyclic) bond motifs is 1. The van der Waals surface area contributed by atoms with E-state index in [9.17, 15) is 9.18 Å². The van der Waals surface area contributed by atoms with Gasteiger partial charge in [-0.3, -0.25) is 9.48 Å². The van der Waals surface area contributed by atoms with Gasteiger partial charge in [-0.1, -0.05) is 43.3 Å². The van der Waals surface area contributed by atoms with E-state index in [1.807, 2.05) is 31.2 Å². The van der Waals surface area contributed by atoms with E-state index in [-0.39, 0.29) is 24.0 Å². The maximum absolute atomic E-state index is 14.1. The highest BCUT2D eigenvalue weighted by Gasteiger charge is 2.19. The van der Waals surface area contributed by atoms with Crippen molar-refractivity contribution >= 4 is 16.7 Å². The fourth-order valence-electron chi connectivity index (χ4n) is 3.06. The van der Waals surface area contributed by atoms with Gasteiger partial charge in [0.2, 0.25) is 5.89 Å². The number of carbonyl (C=O) groups excluding carboxylic acids is 1. The summed E-state index contributed by atoms with van der Waals surface area (Å²) in [4.78, 5) is 16.4. The molecule has 0 aliphatic rings. The molecule has 0 bridgehead atoms. The first-order valence-electron chi connectivity index (χ1n) is 8.85. The molecule has 5 nitrogen and oxygen atoms in total. The largest absolute Gasteiger partial charge is 0.442 e. The first kappa shape index (κ1) is 17.1. The molecule has 0 atom stereocenters. The third kappa shape index (κ3) is 3.26. The number of hydrogen-bond acceptors (Lipinski definition) is 4. The number of benzene rings is 2. The monoisotopic (exact) mass is 363 g/mol. The molecule has 2 aromatic carbocycles. The van der Waals surface area contributed by atoms with Gasteiger partial charge in [0.25, 0.3) is 0 Å². The molecule has 2 aromatic heterocycles. The molecular formula is C21H18FN3O2. The third-order valence-electron chi connectivity index (χ3n) is 4.41. The number of rotatable bonds is 6. The van der Waals surface area contributed by atoms with Crippen molar-refractivity contribution in [2.75, 3.05) is 0 Å². The van der Waals surface area contributed by atoms with Crippen molar-refractivity contribution in [3.63, 3.8) is 0 Å². The van der Waals surface area contributed by atoms with Crippen molar-refractivity contribution in [2.45, 2.75) is 26.3 Å². The summed E-state index contributed by atoms with van der Waals surface area (Å²) in [5.74, 6) is -0.0391. The minimum absolute atomic E-state index is 0.0532. The maximum Gasteiger partial charge on any atom is 0.248 e. The number of aromatic nitrogens is 3. The predicted octanol–water partition coefficient (Wildman–Crippen LogP) is 4.86. The van der Waals surface area contributed by atoms with Crippen molar-refractivity contribution in [1.29, 1.82) is 0 Å². The topological polar surface area (TPSA) is 60.9 Å². The van der Waals surface area contributed by atoms with E-state index in [1.165, 1.54) is 12.3 Å². The van der Waals surface area contributed by atoms with Gasteiger partial charge in [0, 0.05) is 17.4 Å². The Bertz CT molecular complexity index is 1110. The van der Waals surface area contributed by atoms with Gasteiger partial charge in [-0.15, -0.1) is 0 Å². The normalized spacial score (nSPS) is 11.2. The van der Waals surface area contributed by atoms with Crippen molar-refractivity contribution in [3.05, 3.63) is 71.9 Å². The Labute approximate surface area is 155 Å². The molecule has 0 aliphatic heterocycles. The third-order valence-corrected chi connectivity index (χ3v) is 4.41. The Morgan fingerprint density at radius 3 is 2.74 bits per heavy atom. The summed E-state index contributed by atoms with van der Waals surface area (Å²) < 4.78 is 21.3. The van der Waals surface area contributed by atoms with E-state index in [2.05, 4.69) is 10.1 Å². The quantitative estimate of drug-likeness (QED) is 0.459. The highest BCUT2D eigenvalue weighted by atomic mass is 19.1. The van der Waals surface area contributed by atoms with Crippen LogP contribution < -0.4 is 0 Å². The van der Waals surface area contributed by atoms with Crippen LogP contribution in [-0.2, 0) is 6.54 Å². The van der Waals surface area contributed by atoms with Gasteiger partial charge in [-0.2, -0.15) is 5.10 Å². The van der Waals surface area contributed by atoms with Crippen LogP contribution in [0.1, 0.15) is 35.8 Å². The van der Waals surface area contributed by atoms with Crippen LogP contribution in [0.3, 0.4) is 0 Å². The second-order valence-corrected chi connectivity index (χ2v) is 6.33. The molecule has 0 aliphatic carbocycles. The molecule has 6 heteroatoms. The van der Waals surface area contributed by atoms with Gasteiger partial charge in [0.15, 0.2) is 11.5 Å². The molecule has 0 N–H and O–H groups in total. The van der Waals surface area contributed by atoms with Crippen LogP contribution in [0.25, 0.3) is 22.5 Å². The van der Waals surface area contributed by atoms with E-state index in [4.69, 9.17) is 4.42 Å². The molecule has 0 amide bonds. The maximum atomic E-state index is 14.1. The summed E-state index contributed by atoms with van der Waals surface area (Å²) in [7, 11) is 0. The van der Waals surface area contributed by atoms with Gasteiger partial charge >= 0.3 is 0 Å². The minimum Gasteiger partial charge on any atom is -0.442 e. The van der Waals surface area contributed by atoms with Gasteiger partial charge in [0.05, 0.1) is 12.1 Å². The molecular weight excluding hydrogens is 345 g/mol. The highest BCUT2D eigenvalue weighted by Crippen LogP contribution is 2.28. The first-order chi connectivity index (χ1) is 13.2. The number of para-hydroxylation sites is 1. The summed E-state index contributed by atoms with van der Waals surface area (Å²) in [6.45, 7) is 2.23. The van der Waals surface area contributed by atoms with E-state index in [1.54, 1.807) is 22.9 Å². The van der Waals surface area contributed by atoms with Crippen molar-refractivity contribution in [3.8, 4) is 11.6 Å². The van der Waals surface area contributed by atoms with E-state index in [0.717, 1.165) is 17.3 Å². The number of halogens is 1. The molecule has 0 saturated heterocycles. The highest BCUT2D eigenvalue weighted by molar-refractivity contribution is 5.95. The van der Waals surface area contributed by atoms with Crippen LogP contribution in [-0.4, -0.2) is 20.5 Å². The standard InChI is InChI=1S/C21H18FN3O2/c1-2-7-19(26)17-13-27-21(23-17)20-15-9-4-6-11-18(15)25(24-20)12-14-8-3-5-10-16(14)22/h3-6,8-11,13H,2,7,12H2,1H3. The fraction of sp³-hybridized carbons (Fsp3) is 0.190. The van der Waals surface area contributed by atoms with Gasteiger partial charge < -0.3 is 4.42 Å². The van der Waals surface area contributed by atoms with Gasteiger partial charge in [-0.25, -0.2) is 9.37 Å². The zero-order valence-electron chi connectivity index (χ0n) is 14.9. The Morgan fingerprint density at radius 1 is 1.15 bits per heavy atom. The summed E-state index contributed by atoms with van der Waals surface area (Å²) in [6, 6.07) is 14.2. The first-order valence-corrected chi connectivity index (χ1v) is 8.85. The molecule has 0 unspecified atom stereocenters. The molecule has 4 aromatic rings. The van der Waals surface area contributed by atoms with Gasteiger partial charge in [-0.05, 0) is 18.6 Å². The lowest BCUT2D eigenvalue weighted by atomic mass is 10.2. The van der Waals surface area contributed by atoms with E-state index in [0.29, 0.717) is 23.4 Å². The average molecular weight is 363 g/mol. The Hall–Kier alpha value is -3.28. The zero-order chi connectivity index (χ0) is 18.8. The molecule has 136 valence electrons. The zero-order valence-corrected chi connectivity index (χ0v) is 14.9. The summed E-state index contributed by atoms with van der Waals surface area (Å²) in [5, 5.41) is 5.44. The number of oxazole rings is 1. The minimum atomic E-state index is -0.276. The molecule has 27 heavy (non-hydrogen) atoms. The fourth-order valence-corrected chi connectivity index (χ4v) is 3.06. The molecule has 0 fully saturated rings. The van der Waals surface area contributed by atoms with Crippen molar-refractivity contribution in [1.82, 2.24) is 14.8 Å². The van der Waals surface area contributed by atoms with Crippen LogP contribution in [0.2, 0.25) is 0 Å².